The van der Waals surface area contributed by atoms with Crippen LogP contribution in [0.4, 0.5) is 10.8 Å². The number of aromatic nitrogens is 2. The maximum absolute atomic E-state index is 6.10. The van der Waals surface area contributed by atoms with E-state index in [-0.39, 0.29) is 0 Å². The van der Waals surface area contributed by atoms with Crippen LogP contribution in [0.15, 0.2) is 18.5 Å². The molecule has 2 aromatic heterocycles. The van der Waals surface area contributed by atoms with Gasteiger partial charge in [-0.05, 0) is 32.4 Å². The minimum atomic E-state index is 0.512. The standard InChI is InChI=1S/C14H19ClN4S/c1-4-19(5-2)14-18-9-11(20-14)8-17-12-10(3)6-7-16-13(12)15/h6-7,9,17H,4-5,8H2,1-3H3. The first kappa shape index (κ1) is 15.1. The van der Waals surface area contributed by atoms with E-state index >= 15 is 0 Å². The Kier molecular flexibility index (Phi) is 5.20. The largest absolute Gasteiger partial charge is 0.377 e. The molecule has 4 nitrogen and oxygen atoms in total. The second-order valence-electron chi connectivity index (χ2n) is 4.43. The van der Waals surface area contributed by atoms with Gasteiger partial charge in [0.2, 0.25) is 0 Å². The van der Waals surface area contributed by atoms with Crippen LogP contribution in [0.25, 0.3) is 0 Å². The van der Waals surface area contributed by atoms with Crippen molar-refractivity contribution in [2.45, 2.75) is 27.3 Å². The highest BCUT2D eigenvalue weighted by molar-refractivity contribution is 7.15. The molecule has 0 bridgehead atoms. The van der Waals surface area contributed by atoms with Gasteiger partial charge in [0.05, 0.1) is 12.2 Å². The summed E-state index contributed by atoms with van der Waals surface area (Å²) in [4.78, 5) is 12.0. The molecule has 0 aromatic carbocycles. The van der Waals surface area contributed by atoms with E-state index in [1.54, 1.807) is 17.5 Å². The number of thiazole rings is 1. The van der Waals surface area contributed by atoms with Gasteiger partial charge in [0.25, 0.3) is 0 Å². The summed E-state index contributed by atoms with van der Waals surface area (Å²) < 4.78 is 0. The van der Waals surface area contributed by atoms with Gasteiger partial charge in [-0.3, -0.25) is 0 Å². The van der Waals surface area contributed by atoms with Crippen molar-refractivity contribution in [2.75, 3.05) is 23.3 Å². The zero-order chi connectivity index (χ0) is 14.5. The molecule has 2 aromatic rings. The summed E-state index contributed by atoms with van der Waals surface area (Å²) in [7, 11) is 0. The van der Waals surface area contributed by atoms with Crippen molar-refractivity contribution in [2.24, 2.45) is 0 Å². The highest BCUT2D eigenvalue weighted by Gasteiger charge is 2.09. The fraction of sp³-hybridized carbons (Fsp3) is 0.429. The molecule has 0 unspecified atom stereocenters. The Morgan fingerprint density at radius 3 is 2.70 bits per heavy atom. The second kappa shape index (κ2) is 6.90. The Bertz CT molecular complexity index is 546. The average molecular weight is 311 g/mol. The molecule has 0 saturated carbocycles. The maximum atomic E-state index is 6.10. The summed E-state index contributed by atoms with van der Waals surface area (Å²) in [6.45, 7) is 8.97. The Morgan fingerprint density at radius 1 is 1.30 bits per heavy atom. The van der Waals surface area contributed by atoms with Gasteiger partial charge in [0.1, 0.15) is 0 Å². The monoisotopic (exact) mass is 310 g/mol. The maximum Gasteiger partial charge on any atom is 0.185 e. The molecule has 2 rings (SSSR count). The van der Waals surface area contributed by atoms with Crippen LogP contribution in [0.1, 0.15) is 24.3 Å². The van der Waals surface area contributed by atoms with Gasteiger partial charge in [-0.1, -0.05) is 11.6 Å². The minimum Gasteiger partial charge on any atom is -0.377 e. The lowest BCUT2D eigenvalue weighted by Gasteiger charge is -2.16. The van der Waals surface area contributed by atoms with Gasteiger partial charge in [0.15, 0.2) is 10.3 Å². The topological polar surface area (TPSA) is 41.1 Å². The van der Waals surface area contributed by atoms with E-state index < -0.39 is 0 Å². The Morgan fingerprint density at radius 2 is 2.05 bits per heavy atom. The van der Waals surface area contributed by atoms with E-state index in [9.17, 15) is 0 Å². The first-order valence-electron chi connectivity index (χ1n) is 6.70. The number of aryl methyl sites for hydroxylation is 1. The van der Waals surface area contributed by atoms with Crippen LogP contribution in [0.2, 0.25) is 5.15 Å². The number of halogens is 1. The molecule has 0 spiro atoms. The van der Waals surface area contributed by atoms with Gasteiger partial charge in [0, 0.05) is 30.4 Å². The number of hydrogen-bond donors (Lipinski definition) is 1. The van der Waals surface area contributed by atoms with E-state index in [4.69, 9.17) is 11.6 Å². The Hall–Kier alpha value is -1.33. The van der Waals surface area contributed by atoms with Gasteiger partial charge >= 0.3 is 0 Å². The van der Waals surface area contributed by atoms with Crippen molar-refractivity contribution in [1.82, 2.24) is 9.97 Å². The van der Waals surface area contributed by atoms with Crippen LogP contribution in [-0.2, 0) is 6.54 Å². The van der Waals surface area contributed by atoms with Crippen molar-refractivity contribution in [3.8, 4) is 0 Å². The first-order chi connectivity index (χ1) is 9.65. The molecule has 20 heavy (non-hydrogen) atoms. The lowest BCUT2D eigenvalue weighted by atomic mass is 10.2. The van der Waals surface area contributed by atoms with Crippen LogP contribution in [-0.4, -0.2) is 23.1 Å². The zero-order valence-electron chi connectivity index (χ0n) is 12.0. The van der Waals surface area contributed by atoms with Crippen molar-refractivity contribution < 1.29 is 0 Å². The highest BCUT2D eigenvalue weighted by atomic mass is 35.5. The highest BCUT2D eigenvalue weighted by Crippen LogP contribution is 2.26. The van der Waals surface area contributed by atoms with Crippen molar-refractivity contribution >= 4 is 33.8 Å². The Balaban J connectivity index is 2.05. The minimum absolute atomic E-state index is 0.512. The molecule has 0 amide bonds. The third-order valence-corrected chi connectivity index (χ3v) is 4.47. The molecule has 0 aliphatic carbocycles. The summed E-state index contributed by atoms with van der Waals surface area (Å²) in [6.07, 6.45) is 3.64. The molecule has 0 saturated heterocycles. The lowest BCUT2D eigenvalue weighted by molar-refractivity contribution is 0.860. The Labute approximate surface area is 128 Å². The number of nitrogens with one attached hydrogen (secondary N) is 1. The molecular weight excluding hydrogens is 292 g/mol. The molecule has 1 N–H and O–H groups in total. The van der Waals surface area contributed by atoms with Gasteiger partial charge in [-0.15, -0.1) is 11.3 Å². The van der Waals surface area contributed by atoms with Gasteiger partial charge in [-0.2, -0.15) is 0 Å². The summed E-state index contributed by atoms with van der Waals surface area (Å²) in [6, 6.07) is 1.95. The lowest BCUT2D eigenvalue weighted by Crippen LogP contribution is -2.21. The summed E-state index contributed by atoms with van der Waals surface area (Å²) in [5.41, 5.74) is 1.99. The number of nitrogens with zero attached hydrogens (tertiary/aromatic N) is 3. The van der Waals surface area contributed by atoms with Crippen molar-refractivity contribution in [1.29, 1.82) is 0 Å². The fourth-order valence-corrected chi connectivity index (χ4v) is 3.18. The van der Waals surface area contributed by atoms with Crippen molar-refractivity contribution in [3.63, 3.8) is 0 Å². The SMILES string of the molecule is CCN(CC)c1ncc(CNc2c(C)ccnc2Cl)s1. The predicted octanol–water partition coefficient (Wildman–Crippen LogP) is 3.96. The normalized spacial score (nSPS) is 10.6. The predicted molar refractivity (Wildman–Crippen MR) is 87.0 cm³/mol. The van der Waals surface area contributed by atoms with Gasteiger partial charge in [-0.25, -0.2) is 9.97 Å². The van der Waals surface area contributed by atoms with Crippen LogP contribution >= 0.6 is 22.9 Å². The number of rotatable bonds is 6. The molecule has 0 atom stereocenters. The second-order valence-corrected chi connectivity index (χ2v) is 5.88. The molecule has 0 fully saturated rings. The van der Waals surface area contributed by atoms with Crippen LogP contribution < -0.4 is 10.2 Å². The quantitative estimate of drug-likeness (QED) is 0.820. The van der Waals surface area contributed by atoms with Crippen LogP contribution in [0, 0.1) is 6.92 Å². The summed E-state index contributed by atoms with van der Waals surface area (Å²) >= 11 is 7.81. The molecule has 108 valence electrons. The molecule has 2 heterocycles. The summed E-state index contributed by atoms with van der Waals surface area (Å²) in [5.74, 6) is 0. The van der Waals surface area contributed by atoms with E-state index in [0.717, 1.165) is 29.5 Å². The number of pyridine rings is 1. The van der Waals surface area contributed by atoms with Crippen LogP contribution in [0.5, 0.6) is 0 Å². The van der Waals surface area contributed by atoms with E-state index in [0.29, 0.717) is 11.7 Å². The van der Waals surface area contributed by atoms with E-state index in [1.165, 1.54) is 4.88 Å². The molecule has 6 heteroatoms. The smallest absolute Gasteiger partial charge is 0.185 e. The molecule has 0 aliphatic heterocycles. The average Bonchev–Trinajstić information content (AvgIpc) is 2.88. The first-order valence-corrected chi connectivity index (χ1v) is 7.89. The third kappa shape index (κ3) is 3.41. The van der Waals surface area contributed by atoms with Gasteiger partial charge < -0.3 is 10.2 Å². The van der Waals surface area contributed by atoms with E-state index in [1.807, 2.05) is 19.2 Å². The number of anilines is 2. The summed E-state index contributed by atoms with van der Waals surface area (Å²) in [5, 5.41) is 4.93. The van der Waals surface area contributed by atoms with E-state index in [2.05, 4.69) is 34.0 Å². The zero-order valence-corrected chi connectivity index (χ0v) is 13.6. The fourth-order valence-electron chi connectivity index (χ4n) is 1.93. The third-order valence-electron chi connectivity index (χ3n) is 3.13. The molecular formula is C14H19ClN4S. The molecule has 0 radical (unpaired) electrons. The van der Waals surface area contributed by atoms with Crippen LogP contribution in [0.3, 0.4) is 0 Å². The number of hydrogen-bond acceptors (Lipinski definition) is 5. The molecule has 0 aliphatic rings. The van der Waals surface area contributed by atoms with Crippen molar-refractivity contribution in [3.05, 3.63) is 34.1 Å².